The van der Waals surface area contributed by atoms with Crippen LogP contribution in [-0.2, 0) is 0 Å². The Balaban J connectivity index is 1.69. The van der Waals surface area contributed by atoms with E-state index in [1.807, 2.05) is 18.2 Å². The average Bonchev–Trinajstić information content (AvgIpc) is 2.92. The molecule has 1 aromatic rings. The van der Waals surface area contributed by atoms with E-state index in [9.17, 15) is 4.79 Å². The number of likely N-dealkylation sites (tertiary alicyclic amines) is 1. The topological polar surface area (TPSA) is 32.3 Å². The Hall–Kier alpha value is -1.35. The van der Waals surface area contributed by atoms with Crippen LogP contribution in [0, 0.1) is 0 Å². The molecule has 1 fully saturated rings. The SMILES string of the molecule is O=C1NCC(CCN2CCCC2)c2ccccc21. The Bertz CT molecular complexity index is 438. The van der Waals surface area contributed by atoms with Crippen LogP contribution in [0.15, 0.2) is 24.3 Å². The minimum Gasteiger partial charge on any atom is -0.351 e. The van der Waals surface area contributed by atoms with E-state index in [-0.39, 0.29) is 5.91 Å². The lowest BCUT2D eigenvalue weighted by Gasteiger charge is -2.27. The molecule has 3 heteroatoms. The summed E-state index contributed by atoms with van der Waals surface area (Å²) in [4.78, 5) is 14.3. The molecule has 1 aromatic carbocycles. The zero-order chi connectivity index (χ0) is 12.4. The van der Waals surface area contributed by atoms with Crippen molar-refractivity contribution in [2.75, 3.05) is 26.2 Å². The molecule has 2 aliphatic rings. The summed E-state index contributed by atoms with van der Waals surface area (Å²) >= 11 is 0. The predicted molar refractivity (Wildman–Crippen MR) is 71.8 cm³/mol. The predicted octanol–water partition coefficient (Wildman–Crippen LogP) is 2.00. The van der Waals surface area contributed by atoms with Crippen molar-refractivity contribution in [2.24, 2.45) is 0 Å². The summed E-state index contributed by atoms with van der Waals surface area (Å²) < 4.78 is 0. The van der Waals surface area contributed by atoms with Gasteiger partial charge in [-0.05, 0) is 50.5 Å². The van der Waals surface area contributed by atoms with Gasteiger partial charge in [0.25, 0.3) is 5.91 Å². The molecule has 1 saturated heterocycles. The number of nitrogens with one attached hydrogen (secondary N) is 1. The smallest absolute Gasteiger partial charge is 0.251 e. The molecule has 0 aromatic heterocycles. The third-order valence-corrected chi connectivity index (χ3v) is 4.15. The van der Waals surface area contributed by atoms with Gasteiger partial charge in [-0.2, -0.15) is 0 Å². The molecule has 96 valence electrons. The monoisotopic (exact) mass is 244 g/mol. The second-order valence-corrected chi connectivity index (χ2v) is 5.33. The highest BCUT2D eigenvalue weighted by Gasteiger charge is 2.25. The Kier molecular flexibility index (Phi) is 3.33. The average molecular weight is 244 g/mol. The van der Waals surface area contributed by atoms with Gasteiger partial charge in [-0.25, -0.2) is 0 Å². The van der Waals surface area contributed by atoms with Crippen molar-refractivity contribution in [1.82, 2.24) is 10.2 Å². The van der Waals surface area contributed by atoms with Gasteiger partial charge < -0.3 is 10.2 Å². The van der Waals surface area contributed by atoms with Gasteiger partial charge in [-0.15, -0.1) is 0 Å². The summed E-state index contributed by atoms with van der Waals surface area (Å²) in [6, 6.07) is 8.04. The number of nitrogens with zero attached hydrogens (tertiary/aromatic N) is 1. The number of carbonyl (C=O) groups excluding carboxylic acids is 1. The molecule has 0 saturated carbocycles. The van der Waals surface area contributed by atoms with Crippen LogP contribution in [0.4, 0.5) is 0 Å². The zero-order valence-corrected chi connectivity index (χ0v) is 10.7. The fraction of sp³-hybridized carbons (Fsp3) is 0.533. The first kappa shape index (κ1) is 11.7. The van der Waals surface area contributed by atoms with Crippen LogP contribution in [0.3, 0.4) is 0 Å². The number of rotatable bonds is 3. The molecule has 3 nitrogen and oxygen atoms in total. The van der Waals surface area contributed by atoms with Crippen LogP contribution in [-0.4, -0.2) is 37.0 Å². The van der Waals surface area contributed by atoms with E-state index >= 15 is 0 Å². The minimum absolute atomic E-state index is 0.0861. The van der Waals surface area contributed by atoms with Crippen molar-refractivity contribution < 1.29 is 4.79 Å². The van der Waals surface area contributed by atoms with E-state index in [1.165, 1.54) is 31.5 Å². The second-order valence-electron chi connectivity index (χ2n) is 5.33. The summed E-state index contributed by atoms with van der Waals surface area (Å²) in [7, 11) is 0. The summed E-state index contributed by atoms with van der Waals surface area (Å²) in [6.45, 7) is 4.46. The number of hydrogen-bond acceptors (Lipinski definition) is 2. The van der Waals surface area contributed by atoms with Crippen LogP contribution in [0.1, 0.15) is 41.1 Å². The van der Waals surface area contributed by atoms with Crippen LogP contribution < -0.4 is 5.32 Å². The molecule has 2 aliphatic heterocycles. The minimum atomic E-state index is 0.0861. The van der Waals surface area contributed by atoms with Gasteiger partial charge in [0.05, 0.1) is 0 Å². The van der Waals surface area contributed by atoms with Crippen molar-refractivity contribution in [3.8, 4) is 0 Å². The van der Waals surface area contributed by atoms with Gasteiger partial charge >= 0.3 is 0 Å². The number of hydrogen-bond donors (Lipinski definition) is 1. The first-order valence-corrected chi connectivity index (χ1v) is 6.94. The lowest BCUT2D eigenvalue weighted by molar-refractivity contribution is 0.0938. The third-order valence-electron chi connectivity index (χ3n) is 4.15. The molecule has 0 aliphatic carbocycles. The van der Waals surface area contributed by atoms with E-state index in [1.54, 1.807) is 0 Å². The molecule has 2 heterocycles. The van der Waals surface area contributed by atoms with Crippen LogP contribution in [0.5, 0.6) is 0 Å². The lowest BCUT2D eigenvalue weighted by atomic mass is 9.88. The van der Waals surface area contributed by atoms with Gasteiger partial charge in [0, 0.05) is 18.0 Å². The zero-order valence-electron chi connectivity index (χ0n) is 10.7. The molecule has 18 heavy (non-hydrogen) atoms. The van der Waals surface area contributed by atoms with Gasteiger partial charge in [0.2, 0.25) is 0 Å². The molecule has 1 unspecified atom stereocenters. The standard InChI is InChI=1S/C15H20N2O/c18-15-14-6-2-1-5-13(14)12(11-16-15)7-10-17-8-3-4-9-17/h1-2,5-6,12H,3-4,7-11H2,(H,16,18). The molecule has 1 N–H and O–H groups in total. The Morgan fingerprint density at radius 3 is 2.83 bits per heavy atom. The molecule has 1 amide bonds. The number of carbonyl (C=O) groups is 1. The van der Waals surface area contributed by atoms with Crippen molar-refractivity contribution in [2.45, 2.75) is 25.2 Å². The van der Waals surface area contributed by atoms with Crippen molar-refractivity contribution in [3.63, 3.8) is 0 Å². The fourth-order valence-corrected chi connectivity index (χ4v) is 3.08. The Morgan fingerprint density at radius 2 is 2.00 bits per heavy atom. The maximum Gasteiger partial charge on any atom is 0.251 e. The number of amides is 1. The van der Waals surface area contributed by atoms with Crippen LogP contribution in [0.2, 0.25) is 0 Å². The van der Waals surface area contributed by atoms with Gasteiger partial charge in [0.15, 0.2) is 0 Å². The molecular formula is C15H20N2O. The Labute approximate surface area is 108 Å². The van der Waals surface area contributed by atoms with Crippen molar-refractivity contribution in [1.29, 1.82) is 0 Å². The molecule has 0 bridgehead atoms. The maximum atomic E-state index is 11.8. The van der Waals surface area contributed by atoms with Crippen LogP contribution in [0.25, 0.3) is 0 Å². The van der Waals surface area contributed by atoms with Gasteiger partial charge in [0.1, 0.15) is 0 Å². The number of benzene rings is 1. The second kappa shape index (κ2) is 5.11. The van der Waals surface area contributed by atoms with Crippen LogP contribution >= 0.6 is 0 Å². The van der Waals surface area contributed by atoms with Crippen molar-refractivity contribution in [3.05, 3.63) is 35.4 Å². The summed E-state index contributed by atoms with van der Waals surface area (Å²) in [5, 5.41) is 3.01. The van der Waals surface area contributed by atoms with Gasteiger partial charge in [-0.3, -0.25) is 4.79 Å². The lowest BCUT2D eigenvalue weighted by Crippen LogP contribution is -2.36. The highest BCUT2D eigenvalue weighted by Crippen LogP contribution is 2.27. The van der Waals surface area contributed by atoms with E-state index in [2.05, 4.69) is 16.3 Å². The summed E-state index contributed by atoms with van der Waals surface area (Å²) in [5.41, 5.74) is 2.11. The van der Waals surface area contributed by atoms with E-state index in [4.69, 9.17) is 0 Å². The fourth-order valence-electron chi connectivity index (χ4n) is 3.08. The van der Waals surface area contributed by atoms with Gasteiger partial charge in [-0.1, -0.05) is 18.2 Å². The highest BCUT2D eigenvalue weighted by atomic mass is 16.1. The molecular weight excluding hydrogens is 224 g/mol. The summed E-state index contributed by atoms with van der Waals surface area (Å²) in [6.07, 6.45) is 3.84. The molecule has 0 radical (unpaired) electrons. The quantitative estimate of drug-likeness (QED) is 0.882. The normalized spacial score (nSPS) is 23.8. The largest absolute Gasteiger partial charge is 0.351 e. The first-order valence-electron chi connectivity index (χ1n) is 6.94. The van der Waals surface area contributed by atoms with E-state index < -0.39 is 0 Å². The number of fused-ring (bicyclic) bond motifs is 1. The third kappa shape index (κ3) is 2.27. The highest BCUT2D eigenvalue weighted by molar-refractivity contribution is 5.97. The molecule has 0 spiro atoms. The molecule has 3 rings (SSSR count). The van der Waals surface area contributed by atoms with Crippen molar-refractivity contribution >= 4 is 5.91 Å². The van der Waals surface area contributed by atoms with E-state index in [0.717, 1.165) is 25.1 Å². The Morgan fingerprint density at radius 1 is 1.22 bits per heavy atom. The van der Waals surface area contributed by atoms with E-state index in [0.29, 0.717) is 5.92 Å². The maximum absolute atomic E-state index is 11.8. The molecule has 1 atom stereocenters. The first-order chi connectivity index (χ1) is 8.84. The summed E-state index contributed by atoms with van der Waals surface area (Å²) in [5.74, 6) is 0.572.